The average Bonchev–Trinajstić information content (AvgIpc) is 3.18. The summed E-state index contributed by atoms with van der Waals surface area (Å²) >= 11 is 1.55. The van der Waals surface area contributed by atoms with Crippen molar-refractivity contribution in [2.45, 2.75) is 6.92 Å². The molecule has 0 radical (unpaired) electrons. The normalized spacial score (nSPS) is 10.5. The maximum Gasteiger partial charge on any atom is 0.250 e. The van der Waals surface area contributed by atoms with Gasteiger partial charge in [0.15, 0.2) is 5.13 Å². The molecule has 0 spiro atoms. The maximum absolute atomic E-state index is 13.2. The van der Waals surface area contributed by atoms with Gasteiger partial charge in [-0.25, -0.2) is 9.97 Å². The number of thiazole rings is 1. The monoisotopic (exact) mass is 411 g/mol. The summed E-state index contributed by atoms with van der Waals surface area (Å²) in [4.78, 5) is 19.8. The van der Waals surface area contributed by atoms with Crippen LogP contribution in [0.25, 0.3) is 21.2 Å². The van der Waals surface area contributed by atoms with Crippen molar-refractivity contribution in [3.63, 3.8) is 0 Å². The molecule has 4 aromatic rings. The quantitative estimate of drug-likeness (QED) is 0.502. The fourth-order valence-electron chi connectivity index (χ4n) is 2.58. The first kappa shape index (κ1) is 20.6. The SMILES string of the molecule is Cc1ccn(C)c(=O)c1.NCCNc1ncc(-c2ccc3cnc(F)cc3c2)s1. The smallest absolute Gasteiger partial charge is 0.250 e. The van der Waals surface area contributed by atoms with Crippen molar-refractivity contribution < 1.29 is 4.39 Å². The molecular weight excluding hydrogens is 389 g/mol. The number of fused-ring (bicyclic) bond motifs is 1. The third-order valence-corrected chi connectivity index (χ3v) is 5.16. The van der Waals surface area contributed by atoms with E-state index in [0.29, 0.717) is 13.1 Å². The van der Waals surface area contributed by atoms with Gasteiger partial charge in [-0.15, -0.1) is 0 Å². The molecule has 0 aliphatic carbocycles. The first-order valence-corrected chi connectivity index (χ1v) is 9.86. The molecule has 0 atom stereocenters. The highest BCUT2D eigenvalue weighted by Gasteiger charge is 2.06. The fourth-order valence-corrected chi connectivity index (χ4v) is 3.42. The van der Waals surface area contributed by atoms with Crippen molar-refractivity contribution in [3.8, 4) is 10.4 Å². The Morgan fingerprint density at radius 1 is 1.14 bits per heavy atom. The van der Waals surface area contributed by atoms with Crippen LogP contribution in [0.5, 0.6) is 0 Å². The summed E-state index contributed by atoms with van der Waals surface area (Å²) in [5.74, 6) is -0.468. The Labute approximate surface area is 171 Å². The Hall–Kier alpha value is -3.10. The average molecular weight is 412 g/mol. The van der Waals surface area contributed by atoms with E-state index in [1.807, 2.05) is 37.4 Å². The highest BCUT2D eigenvalue weighted by Crippen LogP contribution is 2.30. The molecular formula is C21H22FN5OS. The summed E-state index contributed by atoms with van der Waals surface area (Å²) in [5, 5.41) is 5.73. The first-order valence-electron chi connectivity index (χ1n) is 9.05. The molecule has 0 fully saturated rings. The van der Waals surface area contributed by atoms with Crippen LogP contribution in [0.4, 0.5) is 9.52 Å². The van der Waals surface area contributed by atoms with Crippen LogP contribution in [-0.2, 0) is 7.05 Å². The zero-order valence-corrected chi connectivity index (χ0v) is 17.0. The van der Waals surface area contributed by atoms with E-state index in [0.717, 1.165) is 31.9 Å². The van der Waals surface area contributed by atoms with E-state index in [1.54, 1.807) is 35.2 Å². The van der Waals surface area contributed by atoms with Gasteiger partial charge >= 0.3 is 0 Å². The highest BCUT2D eigenvalue weighted by molar-refractivity contribution is 7.18. The van der Waals surface area contributed by atoms with Crippen molar-refractivity contribution in [3.05, 3.63) is 76.9 Å². The van der Waals surface area contributed by atoms with Gasteiger partial charge in [0, 0.05) is 56.2 Å². The zero-order valence-electron chi connectivity index (χ0n) is 16.2. The van der Waals surface area contributed by atoms with E-state index >= 15 is 0 Å². The van der Waals surface area contributed by atoms with Crippen LogP contribution >= 0.6 is 11.3 Å². The number of anilines is 1. The molecule has 0 aliphatic heterocycles. The van der Waals surface area contributed by atoms with E-state index in [1.165, 1.54) is 12.3 Å². The van der Waals surface area contributed by atoms with Gasteiger partial charge in [0.25, 0.3) is 5.56 Å². The van der Waals surface area contributed by atoms with Crippen LogP contribution in [0.2, 0.25) is 0 Å². The van der Waals surface area contributed by atoms with Crippen molar-refractivity contribution in [2.75, 3.05) is 18.4 Å². The number of hydrogen-bond donors (Lipinski definition) is 2. The standard InChI is InChI=1S/C14H13FN4S.C7H9NO/c15-13-6-11-5-9(1-2-10(11)7-18-13)12-8-19-14(20-12)17-4-3-16;1-6-3-4-8(2)7(9)5-6/h1-2,5-8H,3-4,16H2,(H,17,19);3-5H,1-2H3. The van der Waals surface area contributed by atoms with E-state index in [9.17, 15) is 9.18 Å². The van der Waals surface area contributed by atoms with Gasteiger partial charge in [-0.3, -0.25) is 4.79 Å². The molecule has 1 aromatic carbocycles. The summed E-state index contributed by atoms with van der Waals surface area (Å²) in [6, 6.07) is 10.8. The molecule has 3 N–H and O–H groups in total. The summed E-state index contributed by atoms with van der Waals surface area (Å²) in [6.45, 7) is 3.17. The van der Waals surface area contributed by atoms with E-state index in [4.69, 9.17) is 5.73 Å². The molecule has 0 amide bonds. The van der Waals surface area contributed by atoms with Gasteiger partial charge in [-0.05, 0) is 35.6 Å². The highest BCUT2D eigenvalue weighted by atomic mass is 32.1. The summed E-state index contributed by atoms with van der Waals surface area (Å²) in [5.41, 5.74) is 7.52. The number of nitrogens with one attached hydrogen (secondary N) is 1. The van der Waals surface area contributed by atoms with E-state index in [2.05, 4.69) is 15.3 Å². The van der Waals surface area contributed by atoms with Crippen molar-refractivity contribution >= 4 is 27.2 Å². The van der Waals surface area contributed by atoms with Crippen LogP contribution in [0.3, 0.4) is 0 Å². The zero-order chi connectivity index (χ0) is 20.8. The van der Waals surface area contributed by atoms with Crippen LogP contribution in [0, 0.1) is 12.9 Å². The lowest BCUT2D eigenvalue weighted by molar-refractivity contribution is 0.586. The fraction of sp³-hybridized carbons (Fsp3) is 0.190. The Kier molecular flexibility index (Phi) is 6.69. The molecule has 150 valence electrons. The number of benzene rings is 1. The second-order valence-electron chi connectivity index (χ2n) is 6.47. The predicted molar refractivity (Wildman–Crippen MR) is 117 cm³/mol. The van der Waals surface area contributed by atoms with Crippen LogP contribution in [0.15, 0.2) is 59.8 Å². The van der Waals surface area contributed by atoms with Crippen LogP contribution in [-0.4, -0.2) is 27.6 Å². The Morgan fingerprint density at radius 2 is 1.97 bits per heavy atom. The molecule has 0 aliphatic rings. The molecule has 4 rings (SSSR count). The first-order chi connectivity index (χ1) is 14.0. The molecule has 0 bridgehead atoms. The Bertz CT molecular complexity index is 1170. The Balaban J connectivity index is 0.000000224. The van der Waals surface area contributed by atoms with Crippen LogP contribution < -0.4 is 16.6 Å². The minimum atomic E-state index is -0.468. The van der Waals surface area contributed by atoms with E-state index < -0.39 is 5.95 Å². The van der Waals surface area contributed by atoms with Crippen molar-refractivity contribution in [1.29, 1.82) is 0 Å². The second-order valence-corrected chi connectivity index (χ2v) is 7.50. The van der Waals surface area contributed by atoms with Gasteiger partial charge in [0.1, 0.15) is 0 Å². The molecule has 0 unspecified atom stereocenters. The van der Waals surface area contributed by atoms with Gasteiger partial charge in [0.2, 0.25) is 5.95 Å². The lowest BCUT2D eigenvalue weighted by Gasteiger charge is -2.01. The van der Waals surface area contributed by atoms with Gasteiger partial charge in [-0.1, -0.05) is 23.5 Å². The number of aryl methyl sites for hydroxylation is 2. The maximum atomic E-state index is 13.2. The summed E-state index contributed by atoms with van der Waals surface area (Å²) < 4.78 is 14.7. The number of nitrogens with two attached hydrogens (primary N) is 1. The molecule has 0 saturated carbocycles. The van der Waals surface area contributed by atoms with Crippen molar-refractivity contribution in [1.82, 2.24) is 14.5 Å². The molecule has 0 saturated heterocycles. The third kappa shape index (κ3) is 5.46. The number of hydrogen-bond acceptors (Lipinski definition) is 6. The largest absolute Gasteiger partial charge is 0.360 e. The van der Waals surface area contributed by atoms with Gasteiger partial charge < -0.3 is 15.6 Å². The predicted octanol–water partition coefficient (Wildman–Crippen LogP) is 3.56. The summed E-state index contributed by atoms with van der Waals surface area (Å²) in [7, 11) is 1.74. The molecule has 3 aromatic heterocycles. The molecule has 29 heavy (non-hydrogen) atoms. The number of nitrogens with zero attached hydrogens (tertiary/aromatic N) is 3. The molecule has 8 heteroatoms. The lowest BCUT2D eigenvalue weighted by atomic mass is 10.1. The van der Waals surface area contributed by atoms with Gasteiger partial charge in [0.05, 0.1) is 4.88 Å². The number of pyridine rings is 2. The minimum absolute atomic E-state index is 0.0509. The second kappa shape index (κ2) is 9.40. The van der Waals surface area contributed by atoms with E-state index in [-0.39, 0.29) is 5.56 Å². The van der Waals surface area contributed by atoms with Crippen LogP contribution in [0.1, 0.15) is 5.56 Å². The third-order valence-electron chi connectivity index (χ3n) is 4.16. The number of rotatable bonds is 4. The number of halogens is 1. The summed E-state index contributed by atoms with van der Waals surface area (Å²) in [6.07, 6.45) is 5.11. The van der Waals surface area contributed by atoms with Crippen molar-refractivity contribution in [2.24, 2.45) is 12.8 Å². The topological polar surface area (TPSA) is 85.8 Å². The molecule has 6 nitrogen and oxygen atoms in total. The minimum Gasteiger partial charge on any atom is -0.360 e. The van der Waals surface area contributed by atoms with Gasteiger partial charge in [-0.2, -0.15) is 4.39 Å². The Morgan fingerprint density at radius 3 is 2.69 bits per heavy atom. The molecule has 3 heterocycles. The number of aromatic nitrogens is 3. The lowest BCUT2D eigenvalue weighted by Crippen LogP contribution is -2.13.